The molecule has 0 heterocycles. The molecule has 0 spiro atoms. The van der Waals surface area contributed by atoms with Crippen molar-refractivity contribution in [1.82, 2.24) is 0 Å². The molecule has 2 rings (SSSR count). The topological polar surface area (TPSA) is 30.5 Å². The summed E-state index contributed by atoms with van der Waals surface area (Å²) in [5, 5.41) is 4.04. The zero-order chi connectivity index (χ0) is 14.5. The fraction of sp³-hybridized carbons (Fsp3) is 0.200. The molecule has 2 aromatic carbocycles. The van der Waals surface area contributed by atoms with Crippen LogP contribution in [-0.2, 0) is 6.54 Å². The Labute approximate surface area is 132 Å². The zero-order valence-corrected chi connectivity index (χ0v) is 13.6. The summed E-state index contributed by atoms with van der Waals surface area (Å²) in [6, 6.07) is 11.4. The third kappa shape index (κ3) is 3.58. The third-order valence-electron chi connectivity index (χ3n) is 2.89. The van der Waals surface area contributed by atoms with Gasteiger partial charge in [0, 0.05) is 33.4 Å². The minimum absolute atomic E-state index is 0.646. The van der Waals surface area contributed by atoms with Crippen molar-refractivity contribution in [2.45, 2.75) is 6.54 Å². The summed E-state index contributed by atoms with van der Waals surface area (Å²) in [6.07, 6.45) is 0. The van der Waals surface area contributed by atoms with Crippen molar-refractivity contribution in [2.24, 2.45) is 0 Å². The summed E-state index contributed by atoms with van der Waals surface area (Å²) in [5.74, 6) is 1.57. The van der Waals surface area contributed by atoms with Gasteiger partial charge < -0.3 is 14.8 Å². The molecule has 0 aliphatic heterocycles. The van der Waals surface area contributed by atoms with Gasteiger partial charge in [-0.15, -0.1) is 0 Å². The van der Waals surface area contributed by atoms with E-state index in [-0.39, 0.29) is 0 Å². The number of halogens is 2. The maximum absolute atomic E-state index is 5.92. The number of ether oxygens (including phenoxy) is 2. The number of benzene rings is 2. The molecule has 20 heavy (non-hydrogen) atoms. The van der Waals surface area contributed by atoms with Gasteiger partial charge in [0.2, 0.25) is 0 Å². The van der Waals surface area contributed by atoms with Gasteiger partial charge in [-0.25, -0.2) is 0 Å². The van der Waals surface area contributed by atoms with Crippen LogP contribution in [0.5, 0.6) is 11.5 Å². The summed E-state index contributed by atoms with van der Waals surface area (Å²) < 4.78 is 11.5. The Balaban J connectivity index is 2.14. The van der Waals surface area contributed by atoms with Gasteiger partial charge in [0.25, 0.3) is 0 Å². The van der Waals surface area contributed by atoms with Crippen LogP contribution in [0.15, 0.2) is 40.9 Å². The van der Waals surface area contributed by atoms with Crippen molar-refractivity contribution in [3.05, 3.63) is 51.5 Å². The molecule has 0 amide bonds. The summed E-state index contributed by atoms with van der Waals surface area (Å²) in [4.78, 5) is 0. The lowest BCUT2D eigenvalue weighted by Crippen LogP contribution is -2.02. The Bertz CT molecular complexity index is 604. The molecular formula is C15H15BrClNO2. The van der Waals surface area contributed by atoms with Gasteiger partial charge in [0.15, 0.2) is 0 Å². The molecule has 2 aromatic rings. The first-order chi connectivity index (χ1) is 9.63. The zero-order valence-electron chi connectivity index (χ0n) is 11.2. The Hall–Kier alpha value is -1.39. The first-order valence-electron chi connectivity index (χ1n) is 6.04. The van der Waals surface area contributed by atoms with Crippen LogP contribution >= 0.6 is 27.5 Å². The van der Waals surface area contributed by atoms with Crippen LogP contribution in [0.25, 0.3) is 0 Å². The highest BCUT2D eigenvalue weighted by atomic mass is 79.9. The Morgan fingerprint density at radius 1 is 1.10 bits per heavy atom. The van der Waals surface area contributed by atoms with Gasteiger partial charge in [0.05, 0.1) is 14.2 Å². The van der Waals surface area contributed by atoms with Crippen LogP contribution < -0.4 is 14.8 Å². The summed E-state index contributed by atoms with van der Waals surface area (Å²) in [6.45, 7) is 0.646. The molecule has 0 saturated carbocycles. The van der Waals surface area contributed by atoms with Gasteiger partial charge >= 0.3 is 0 Å². The highest BCUT2D eigenvalue weighted by molar-refractivity contribution is 9.10. The second-order valence-corrected chi connectivity index (χ2v) is 5.45. The second kappa shape index (κ2) is 6.86. The van der Waals surface area contributed by atoms with E-state index in [2.05, 4.69) is 21.2 Å². The number of methoxy groups -OCH3 is 2. The average Bonchev–Trinajstić information content (AvgIpc) is 2.46. The standard InChI is InChI=1S/C15H15BrClNO2/c1-19-12-5-3-10(15(8-12)20-2)9-18-14-6-4-11(17)7-13(14)16/h3-8,18H,9H2,1-2H3. The number of hydrogen-bond donors (Lipinski definition) is 1. The predicted octanol–water partition coefficient (Wildman–Crippen LogP) is 4.73. The van der Waals surface area contributed by atoms with Crippen LogP contribution in [0.3, 0.4) is 0 Å². The lowest BCUT2D eigenvalue weighted by atomic mass is 10.2. The maximum Gasteiger partial charge on any atom is 0.127 e. The molecule has 1 N–H and O–H groups in total. The Morgan fingerprint density at radius 3 is 2.55 bits per heavy atom. The van der Waals surface area contributed by atoms with E-state index in [9.17, 15) is 0 Å². The first kappa shape index (κ1) is 15.0. The number of anilines is 1. The molecule has 0 fully saturated rings. The Kier molecular flexibility index (Phi) is 5.15. The van der Waals surface area contributed by atoms with Crippen molar-refractivity contribution >= 4 is 33.2 Å². The molecule has 5 heteroatoms. The molecule has 3 nitrogen and oxygen atoms in total. The summed E-state index contributed by atoms with van der Waals surface area (Å²) in [5.41, 5.74) is 2.03. The summed E-state index contributed by atoms with van der Waals surface area (Å²) >= 11 is 9.40. The number of nitrogens with one attached hydrogen (secondary N) is 1. The van der Waals surface area contributed by atoms with Gasteiger partial charge in [-0.3, -0.25) is 0 Å². The van der Waals surface area contributed by atoms with Gasteiger partial charge in [-0.1, -0.05) is 11.6 Å². The quantitative estimate of drug-likeness (QED) is 0.840. The van der Waals surface area contributed by atoms with Gasteiger partial charge in [-0.2, -0.15) is 0 Å². The predicted molar refractivity (Wildman–Crippen MR) is 86.0 cm³/mol. The molecule has 0 aliphatic carbocycles. The minimum Gasteiger partial charge on any atom is -0.497 e. The number of rotatable bonds is 5. The maximum atomic E-state index is 5.92. The normalized spacial score (nSPS) is 10.2. The second-order valence-electron chi connectivity index (χ2n) is 4.16. The largest absolute Gasteiger partial charge is 0.497 e. The van der Waals surface area contributed by atoms with E-state index in [0.29, 0.717) is 11.6 Å². The minimum atomic E-state index is 0.646. The van der Waals surface area contributed by atoms with Crippen LogP contribution in [0, 0.1) is 0 Å². The van der Waals surface area contributed by atoms with Crippen molar-refractivity contribution in [3.63, 3.8) is 0 Å². The van der Waals surface area contributed by atoms with Gasteiger partial charge in [-0.05, 0) is 46.3 Å². The molecule has 0 unspecified atom stereocenters. The molecule has 0 atom stereocenters. The van der Waals surface area contributed by atoms with Crippen LogP contribution in [0.1, 0.15) is 5.56 Å². The average molecular weight is 357 g/mol. The Morgan fingerprint density at radius 2 is 1.90 bits per heavy atom. The van der Waals surface area contributed by atoms with Crippen LogP contribution in [-0.4, -0.2) is 14.2 Å². The van der Waals surface area contributed by atoms with Crippen molar-refractivity contribution < 1.29 is 9.47 Å². The summed E-state index contributed by atoms with van der Waals surface area (Å²) in [7, 11) is 3.29. The smallest absolute Gasteiger partial charge is 0.127 e. The van der Waals surface area contributed by atoms with E-state index in [4.69, 9.17) is 21.1 Å². The van der Waals surface area contributed by atoms with Crippen LogP contribution in [0.4, 0.5) is 5.69 Å². The van der Waals surface area contributed by atoms with E-state index >= 15 is 0 Å². The van der Waals surface area contributed by atoms with E-state index in [0.717, 1.165) is 27.2 Å². The molecule has 0 aromatic heterocycles. The molecule has 0 saturated heterocycles. The monoisotopic (exact) mass is 355 g/mol. The molecular weight excluding hydrogens is 342 g/mol. The van der Waals surface area contributed by atoms with Crippen molar-refractivity contribution in [3.8, 4) is 11.5 Å². The van der Waals surface area contributed by atoms with E-state index in [1.165, 1.54) is 0 Å². The molecule has 0 bridgehead atoms. The molecule has 0 aliphatic rings. The lowest BCUT2D eigenvalue weighted by molar-refractivity contribution is 0.391. The van der Waals surface area contributed by atoms with Crippen LogP contribution in [0.2, 0.25) is 5.02 Å². The molecule has 106 valence electrons. The van der Waals surface area contributed by atoms with Crippen molar-refractivity contribution in [2.75, 3.05) is 19.5 Å². The fourth-order valence-electron chi connectivity index (χ4n) is 1.82. The first-order valence-corrected chi connectivity index (χ1v) is 7.21. The van der Waals surface area contributed by atoms with Crippen molar-refractivity contribution in [1.29, 1.82) is 0 Å². The highest BCUT2D eigenvalue weighted by Crippen LogP contribution is 2.28. The van der Waals surface area contributed by atoms with E-state index < -0.39 is 0 Å². The van der Waals surface area contributed by atoms with E-state index in [1.807, 2.05) is 36.4 Å². The number of hydrogen-bond acceptors (Lipinski definition) is 3. The third-order valence-corrected chi connectivity index (χ3v) is 3.79. The SMILES string of the molecule is COc1ccc(CNc2ccc(Cl)cc2Br)c(OC)c1. The van der Waals surface area contributed by atoms with E-state index in [1.54, 1.807) is 14.2 Å². The van der Waals surface area contributed by atoms with Gasteiger partial charge in [0.1, 0.15) is 11.5 Å². The lowest BCUT2D eigenvalue weighted by Gasteiger charge is -2.13. The fourth-order valence-corrected chi connectivity index (χ4v) is 2.64. The molecule has 0 radical (unpaired) electrons. The highest BCUT2D eigenvalue weighted by Gasteiger charge is 2.06.